The summed E-state index contributed by atoms with van der Waals surface area (Å²) in [6, 6.07) is -1.03. The van der Waals surface area contributed by atoms with Gasteiger partial charge in [0, 0.05) is 6.07 Å². The first-order valence-corrected chi connectivity index (χ1v) is 4.56. The maximum Gasteiger partial charge on any atom is 0.407 e. The second kappa shape index (κ2) is 5.93. The van der Waals surface area contributed by atoms with E-state index in [9.17, 15) is 28.4 Å². The first-order chi connectivity index (χ1) is 8.18. The molecule has 0 heterocycles. The van der Waals surface area contributed by atoms with Crippen molar-refractivity contribution in [1.29, 1.82) is 0 Å². The van der Waals surface area contributed by atoms with Gasteiger partial charge in [-0.05, 0) is 11.6 Å². The lowest BCUT2D eigenvalue weighted by Gasteiger charge is -2.16. The summed E-state index contributed by atoms with van der Waals surface area (Å²) in [6.45, 7) is 0. The standard InChI is InChI=1S/C9H9F3N2O4.ClH/c1-18-6-3-4(8(13)9(10,11)12)2-5(7(6)15)14(16)17;/h2-3,8,15H,13H2,1H3;1H/t8-;/m1./s1. The van der Waals surface area contributed by atoms with Crippen molar-refractivity contribution in [3.63, 3.8) is 0 Å². The minimum absolute atomic E-state index is 0. The number of nitro benzene ring substituents is 1. The van der Waals surface area contributed by atoms with Crippen LogP contribution in [0.2, 0.25) is 0 Å². The maximum atomic E-state index is 12.4. The Morgan fingerprint density at radius 3 is 2.37 bits per heavy atom. The van der Waals surface area contributed by atoms with Gasteiger partial charge in [-0.25, -0.2) is 0 Å². The molecule has 0 unspecified atom stereocenters. The first-order valence-electron chi connectivity index (χ1n) is 4.56. The fourth-order valence-corrected chi connectivity index (χ4v) is 1.28. The van der Waals surface area contributed by atoms with E-state index >= 15 is 0 Å². The van der Waals surface area contributed by atoms with Crippen LogP contribution in [0.5, 0.6) is 11.5 Å². The Hall–Kier alpha value is -1.74. The topological polar surface area (TPSA) is 98.6 Å². The molecule has 1 rings (SSSR count). The summed E-state index contributed by atoms with van der Waals surface area (Å²) < 4.78 is 41.8. The van der Waals surface area contributed by atoms with E-state index in [0.717, 1.165) is 13.2 Å². The molecule has 1 atom stereocenters. The summed E-state index contributed by atoms with van der Waals surface area (Å²) in [6.07, 6.45) is -4.75. The second-order valence-electron chi connectivity index (χ2n) is 3.37. The SMILES string of the molecule is COc1cc([C@@H](N)C(F)(F)F)cc([N+](=O)[O-])c1O.Cl. The molecule has 0 aliphatic heterocycles. The average molecular weight is 303 g/mol. The Kier molecular flexibility index (Phi) is 5.39. The monoisotopic (exact) mass is 302 g/mol. The molecule has 108 valence electrons. The number of alkyl halides is 3. The van der Waals surface area contributed by atoms with Crippen molar-refractivity contribution in [2.75, 3.05) is 7.11 Å². The minimum Gasteiger partial charge on any atom is -0.500 e. The van der Waals surface area contributed by atoms with Crippen molar-refractivity contribution in [3.8, 4) is 11.5 Å². The molecule has 0 fully saturated rings. The molecule has 1 aromatic carbocycles. The molecule has 6 nitrogen and oxygen atoms in total. The number of benzene rings is 1. The number of rotatable bonds is 3. The molecule has 0 aliphatic carbocycles. The van der Waals surface area contributed by atoms with Crippen LogP contribution in [0.15, 0.2) is 12.1 Å². The van der Waals surface area contributed by atoms with E-state index in [0.29, 0.717) is 6.07 Å². The largest absolute Gasteiger partial charge is 0.500 e. The zero-order chi connectivity index (χ0) is 14.1. The normalized spacial score (nSPS) is 12.5. The highest BCUT2D eigenvalue weighted by atomic mass is 35.5. The highest BCUT2D eigenvalue weighted by Crippen LogP contribution is 2.41. The van der Waals surface area contributed by atoms with Gasteiger partial charge in [0.05, 0.1) is 12.0 Å². The lowest BCUT2D eigenvalue weighted by atomic mass is 10.1. The zero-order valence-electron chi connectivity index (χ0n) is 9.47. The zero-order valence-corrected chi connectivity index (χ0v) is 10.3. The van der Waals surface area contributed by atoms with Crippen molar-refractivity contribution < 1.29 is 27.9 Å². The smallest absolute Gasteiger partial charge is 0.407 e. The maximum absolute atomic E-state index is 12.4. The van der Waals surface area contributed by atoms with E-state index in [1.165, 1.54) is 0 Å². The van der Waals surface area contributed by atoms with Gasteiger partial charge in [-0.3, -0.25) is 10.1 Å². The van der Waals surface area contributed by atoms with Crippen molar-refractivity contribution in [2.45, 2.75) is 12.2 Å². The molecule has 0 amide bonds. The van der Waals surface area contributed by atoms with Crippen molar-refractivity contribution in [2.24, 2.45) is 5.73 Å². The molecule has 19 heavy (non-hydrogen) atoms. The molecule has 0 bridgehead atoms. The molecule has 0 spiro atoms. The Morgan fingerprint density at radius 2 is 2.00 bits per heavy atom. The summed E-state index contributed by atoms with van der Waals surface area (Å²) >= 11 is 0. The molecule has 0 aliphatic rings. The molecule has 0 saturated carbocycles. The van der Waals surface area contributed by atoms with Crippen molar-refractivity contribution >= 4 is 18.1 Å². The number of phenolic OH excluding ortho intramolecular Hbond substituents is 1. The van der Waals surface area contributed by atoms with Gasteiger partial charge in [0.2, 0.25) is 5.75 Å². The van der Waals surface area contributed by atoms with E-state index < -0.39 is 39.9 Å². The third-order valence-corrected chi connectivity index (χ3v) is 2.21. The number of methoxy groups -OCH3 is 1. The highest BCUT2D eigenvalue weighted by molar-refractivity contribution is 5.85. The van der Waals surface area contributed by atoms with Crippen LogP contribution in [0.25, 0.3) is 0 Å². The van der Waals surface area contributed by atoms with Gasteiger partial charge in [0.15, 0.2) is 5.75 Å². The minimum atomic E-state index is -4.75. The number of halogens is 4. The average Bonchev–Trinajstić information content (AvgIpc) is 2.26. The summed E-state index contributed by atoms with van der Waals surface area (Å²) in [5, 5.41) is 20.0. The van der Waals surface area contributed by atoms with Gasteiger partial charge in [0.1, 0.15) is 6.04 Å². The van der Waals surface area contributed by atoms with Crippen LogP contribution in [0.4, 0.5) is 18.9 Å². The van der Waals surface area contributed by atoms with Crippen LogP contribution in [0.1, 0.15) is 11.6 Å². The molecular formula is C9H10ClF3N2O4. The quantitative estimate of drug-likeness (QED) is 0.659. The predicted molar refractivity (Wildman–Crippen MR) is 61.5 cm³/mol. The van der Waals surface area contributed by atoms with Gasteiger partial charge >= 0.3 is 11.9 Å². The molecule has 0 radical (unpaired) electrons. The highest BCUT2D eigenvalue weighted by Gasteiger charge is 2.39. The molecule has 10 heteroatoms. The Labute approximate surface area is 111 Å². The van der Waals surface area contributed by atoms with E-state index in [2.05, 4.69) is 4.74 Å². The number of nitro groups is 1. The number of nitrogens with two attached hydrogens (primary N) is 1. The number of phenols is 1. The Morgan fingerprint density at radius 1 is 1.47 bits per heavy atom. The van der Waals surface area contributed by atoms with Crippen LogP contribution in [-0.4, -0.2) is 23.3 Å². The fraction of sp³-hybridized carbons (Fsp3) is 0.333. The predicted octanol–water partition coefficient (Wildman–Crippen LogP) is 2.29. The number of nitrogens with zero attached hydrogens (tertiary/aromatic N) is 1. The Balaban J connectivity index is 0.00000324. The number of ether oxygens (including phenoxy) is 1. The third-order valence-electron chi connectivity index (χ3n) is 2.21. The van der Waals surface area contributed by atoms with Gasteiger partial charge in [-0.2, -0.15) is 13.2 Å². The Bertz CT molecular complexity index is 481. The summed E-state index contributed by atoms with van der Waals surface area (Å²) in [7, 11) is 1.06. The van der Waals surface area contributed by atoms with E-state index in [1.54, 1.807) is 0 Å². The molecular weight excluding hydrogens is 293 g/mol. The van der Waals surface area contributed by atoms with Gasteiger partial charge < -0.3 is 15.6 Å². The van der Waals surface area contributed by atoms with Gasteiger partial charge in [-0.15, -0.1) is 12.4 Å². The number of hydrogen-bond donors (Lipinski definition) is 2. The number of hydrogen-bond acceptors (Lipinski definition) is 5. The van der Waals surface area contributed by atoms with E-state index in [1.807, 2.05) is 0 Å². The lowest BCUT2D eigenvalue weighted by molar-refractivity contribution is -0.386. The van der Waals surface area contributed by atoms with E-state index in [-0.39, 0.29) is 12.4 Å². The van der Waals surface area contributed by atoms with Crippen LogP contribution in [-0.2, 0) is 0 Å². The summed E-state index contributed by atoms with van der Waals surface area (Å²) in [5.41, 5.74) is 3.47. The van der Waals surface area contributed by atoms with Crippen LogP contribution >= 0.6 is 12.4 Å². The molecule has 1 aromatic rings. The van der Waals surface area contributed by atoms with Crippen LogP contribution < -0.4 is 10.5 Å². The number of aromatic hydroxyl groups is 1. The summed E-state index contributed by atoms with van der Waals surface area (Å²) in [4.78, 5) is 9.56. The van der Waals surface area contributed by atoms with Crippen molar-refractivity contribution in [1.82, 2.24) is 0 Å². The first kappa shape index (κ1) is 17.3. The van der Waals surface area contributed by atoms with Crippen LogP contribution in [0.3, 0.4) is 0 Å². The lowest BCUT2D eigenvalue weighted by Crippen LogP contribution is -2.28. The van der Waals surface area contributed by atoms with E-state index in [4.69, 9.17) is 5.73 Å². The molecule has 3 N–H and O–H groups in total. The summed E-state index contributed by atoms with van der Waals surface area (Å²) in [5.74, 6) is -1.29. The molecule has 0 saturated heterocycles. The van der Waals surface area contributed by atoms with Gasteiger partial charge in [-0.1, -0.05) is 0 Å². The fourth-order valence-electron chi connectivity index (χ4n) is 1.28. The molecule has 0 aromatic heterocycles. The van der Waals surface area contributed by atoms with Gasteiger partial charge in [0.25, 0.3) is 0 Å². The van der Waals surface area contributed by atoms with Crippen molar-refractivity contribution in [3.05, 3.63) is 27.8 Å². The van der Waals surface area contributed by atoms with Crippen LogP contribution in [0, 0.1) is 10.1 Å². The third kappa shape index (κ3) is 3.61. The second-order valence-corrected chi connectivity index (χ2v) is 3.37.